The van der Waals surface area contributed by atoms with E-state index < -0.39 is 0 Å². The Hall–Kier alpha value is 0.140. The highest BCUT2D eigenvalue weighted by Gasteiger charge is 2.25. The molecule has 0 amide bonds. The zero-order chi connectivity index (χ0) is 14.4. The highest BCUT2D eigenvalue weighted by Crippen LogP contribution is 2.38. The first-order chi connectivity index (χ1) is 9.72. The van der Waals surface area contributed by atoms with Crippen molar-refractivity contribution < 1.29 is 0 Å². The lowest BCUT2D eigenvalue weighted by Crippen LogP contribution is -2.29. The van der Waals surface area contributed by atoms with Crippen LogP contribution in [0.3, 0.4) is 0 Å². The maximum Gasteiger partial charge on any atom is 0.0704 e. The molecule has 1 aromatic heterocycles. The summed E-state index contributed by atoms with van der Waals surface area (Å²) >= 11 is 5.54. The minimum atomic E-state index is 0.565. The average Bonchev–Trinajstić information content (AvgIpc) is 2.71. The monoisotopic (exact) mass is 357 g/mol. The summed E-state index contributed by atoms with van der Waals surface area (Å²) in [5, 5.41) is 3.84. The summed E-state index contributed by atoms with van der Waals surface area (Å²) < 4.78 is 1.28. The van der Waals surface area contributed by atoms with Crippen LogP contribution in [-0.2, 0) is 0 Å². The van der Waals surface area contributed by atoms with Crippen molar-refractivity contribution in [3.05, 3.63) is 20.3 Å². The van der Waals surface area contributed by atoms with E-state index in [0.29, 0.717) is 6.04 Å². The van der Waals surface area contributed by atoms with Gasteiger partial charge < -0.3 is 5.32 Å². The van der Waals surface area contributed by atoms with Crippen molar-refractivity contribution in [3.8, 4) is 0 Å². The number of halogens is 1. The first-order valence-corrected chi connectivity index (χ1v) is 9.82. The minimum absolute atomic E-state index is 0.565. The van der Waals surface area contributed by atoms with Gasteiger partial charge in [0.25, 0.3) is 0 Å². The summed E-state index contributed by atoms with van der Waals surface area (Å²) in [6.07, 6.45) is 11.2. The third kappa shape index (κ3) is 4.57. The summed E-state index contributed by atoms with van der Waals surface area (Å²) in [6.45, 7) is 5.67. The molecule has 1 unspecified atom stereocenters. The van der Waals surface area contributed by atoms with Crippen LogP contribution in [0.15, 0.2) is 9.85 Å². The molecule has 1 saturated carbocycles. The Morgan fingerprint density at radius 3 is 2.45 bits per heavy atom. The van der Waals surface area contributed by atoms with Crippen molar-refractivity contribution >= 4 is 27.3 Å². The molecule has 1 heterocycles. The van der Waals surface area contributed by atoms with Gasteiger partial charge in [0.2, 0.25) is 0 Å². The molecule has 1 aromatic rings. The van der Waals surface area contributed by atoms with Gasteiger partial charge in [0.15, 0.2) is 0 Å². The molecule has 3 heteroatoms. The van der Waals surface area contributed by atoms with E-state index in [2.05, 4.69) is 41.2 Å². The number of hydrogen-bond acceptors (Lipinski definition) is 2. The molecular formula is C17H28BrNS. The van der Waals surface area contributed by atoms with Crippen LogP contribution in [0.5, 0.6) is 0 Å². The molecule has 0 radical (unpaired) electrons. The number of rotatable bonds is 5. The number of hydrogen-bond donors (Lipinski definition) is 1. The number of nitrogens with one attached hydrogen (secondary N) is 1. The quantitative estimate of drug-likeness (QED) is 0.659. The van der Waals surface area contributed by atoms with Gasteiger partial charge in [-0.05, 0) is 66.2 Å². The maximum atomic E-state index is 3.84. The standard InChI is InChI=1S/C17H28BrNS/c1-3-11-19-17(15-12-16(18)20-13(15)2)14-9-7-5-4-6-8-10-14/h12,14,17,19H,3-11H2,1-2H3. The predicted molar refractivity (Wildman–Crippen MR) is 93.6 cm³/mol. The van der Waals surface area contributed by atoms with Crippen LogP contribution >= 0.6 is 27.3 Å². The highest BCUT2D eigenvalue weighted by molar-refractivity contribution is 9.11. The van der Waals surface area contributed by atoms with Crippen LogP contribution < -0.4 is 5.32 Å². The van der Waals surface area contributed by atoms with Gasteiger partial charge >= 0.3 is 0 Å². The van der Waals surface area contributed by atoms with E-state index in [0.717, 1.165) is 12.5 Å². The van der Waals surface area contributed by atoms with Crippen molar-refractivity contribution in [1.29, 1.82) is 0 Å². The molecule has 2 rings (SSSR count). The molecule has 1 fully saturated rings. The van der Waals surface area contributed by atoms with Crippen molar-refractivity contribution in [1.82, 2.24) is 5.32 Å². The minimum Gasteiger partial charge on any atom is -0.310 e. The maximum absolute atomic E-state index is 3.84. The van der Waals surface area contributed by atoms with Gasteiger partial charge in [-0.2, -0.15) is 0 Å². The fourth-order valence-corrected chi connectivity index (χ4v) is 5.18. The van der Waals surface area contributed by atoms with Gasteiger partial charge in [0.1, 0.15) is 0 Å². The average molecular weight is 358 g/mol. The molecule has 1 nitrogen and oxygen atoms in total. The fourth-order valence-electron chi connectivity index (χ4n) is 3.42. The molecule has 114 valence electrons. The molecule has 0 aliphatic heterocycles. The molecule has 0 spiro atoms. The predicted octanol–water partition coefficient (Wildman–Crippen LogP) is 6.22. The van der Waals surface area contributed by atoms with Crippen LogP contribution in [0.1, 0.15) is 74.8 Å². The molecule has 0 bridgehead atoms. The summed E-state index contributed by atoms with van der Waals surface area (Å²) in [5.41, 5.74) is 1.54. The smallest absolute Gasteiger partial charge is 0.0704 e. The first kappa shape index (κ1) is 16.5. The first-order valence-electron chi connectivity index (χ1n) is 8.21. The Morgan fingerprint density at radius 1 is 1.25 bits per heavy atom. The Kier molecular flexibility index (Phi) is 7.06. The van der Waals surface area contributed by atoms with Crippen molar-refractivity contribution in [2.75, 3.05) is 6.54 Å². The summed E-state index contributed by atoms with van der Waals surface area (Å²) in [6, 6.07) is 2.92. The van der Waals surface area contributed by atoms with Gasteiger partial charge in [-0.15, -0.1) is 11.3 Å². The van der Waals surface area contributed by atoms with E-state index in [-0.39, 0.29) is 0 Å². The van der Waals surface area contributed by atoms with Crippen LogP contribution in [-0.4, -0.2) is 6.54 Å². The zero-order valence-corrected chi connectivity index (χ0v) is 15.3. The van der Waals surface area contributed by atoms with E-state index in [4.69, 9.17) is 0 Å². The normalized spacial score (nSPS) is 19.6. The van der Waals surface area contributed by atoms with Crippen LogP contribution in [0.25, 0.3) is 0 Å². The molecule has 20 heavy (non-hydrogen) atoms. The lowest BCUT2D eigenvalue weighted by Gasteiger charge is -2.30. The van der Waals surface area contributed by atoms with Gasteiger partial charge in [-0.3, -0.25) is 0 Å². The SMILES string of the molecule is CCCNC(c1cc(Br)sc1C)C1CCCCCCC1. The van der Waals surface area contributed by atoms with Crippen LogP contribution in [0.4, 0.5) is 0 Å². The van der Waals surface area contributed by atoms with Crippen molar-refractivity contribution in [2.24, 2.45) is 5.92 Å². The Labute approximate surface area is 136 Å². The van der Waals surface area contributed by atoms with Gasteiger partial charge in [0, 0.05) is 10.9 Å². The van der Waals surface area contributed by atoms with E-state index in [9.17, 15) is 0 Å². The summed E-state index contributed by atoms with van der Waals surface area (Å²) in [4.78, 5) is 1.48. The van der Waals surface area contributed by atoms with Crippen LogP contribution in [0.2, 0.25) is 0 Å². The second-order valence-corrected chi connectivity index (χ2v) is 8.73. The second kappa shape index (κ2) is 8.55. The van der Waals surface area contributed by atoms with Gasteiger partial charge in [-0.25, -0.2) is 0 Å². The molecule has 1 aliphatic rings. The zero-order valence-electron chi connectivity index (χ0n) is 12.9. The van der Waals surface area contributed by atoms with Crippen LogP contribution in [0, 0.1) is 12.8 Å². The molecule has 1 N–H and O–H groups in total. The Bertz CT molecular complexity index is 394. The van der Waals surface area contributed by atoms with Gasteiger partial charge in [-0.1, -0.05) is 39.0 Å². The van der Waals surface area contributed by atoms with Crippen molar-refractivity contribution in [3.63, 3.8) is 0 Å². The topological polar surface area (TPSA) is 12.0 Å². The van der Waals surface area contributed by atoms with Crippen molar-refractivity contribution in [2.45, 2.75) is 71.3 Å². The Balaban J connectivity index is 2.14. The molecule has 1 aliphatic carbocycles. The highest BCUT2D eigenvalue weighted by atomic mass is 79.9. The largest absolute Gasteiger partial charge is 0.310 e. The second-order valence-electron chi connectivity index (χ2n) is 6.10. The van der Waals surface area contributed by atoms with E-state index >= 15 is 0 Å². The molecule has 0 saturated heterocycles. The lowest BCUT2D eigenvalue weighted by atomic mass is 9.83. The third-order valence-electron chi connectivity index (χ3n) is 4.50. The molecule has 1 atom stereocenters. The van der Waals surface area contributed by atoms with E-state index in [1.807, 2.05) is 11.3 Å². The summed E-state index contributed by atoms with van der Waals surface area (Å²) in [5.74, 6) is 0.821. The van der Waals surface area contributed by atoms with E-state index in [1.54, 1.807) is 5.56 Å². The fraction of sp³-hybridized carbons (Fsp3) is 0.765. The van der Waals surface area contributed by atoms with E-state index in [1.165, 1.54) is 60.0 Å². The van der Waals surface area contributed by atoms with Gasteiger partial charge in [0.05, 0.1) is 3.79 Å². The third-order valence-corrected chi connectivity index (χ3v) is 6.07. The number of thiophene rings is 1. The molecule has 0 aromatic carbocycles. The lowest BCUT2D eigenvalue weighted by molar-refractivity contribution is 0.288. The summed E-state index contributed by atoms with van der Waals surface area (Å²) in [7, 11) is 0. The number of aryl methyl sites for hydroxylation is 1. The molecular weight excluding hydrogens is 330 g/mol. The Morgan fingerprint density at radius 2 is 1.90 bits per heavy atom.